The molecule has 1 aromatic carbocycles. The molecule has 3 aromatic rings. The molecule has 0 unspecified atom stereocenters. The third-order valence-corrected chi connectivity index (χ3v) is 3.36. The number of imidazole rings is 1. The number of aliphatic carboxylic acids is 1. The Morgan fingerprint density at radius 3 is 2.62 bits per heavy atom. The highest BCUT2D eigenvalue weighted by atomic mass is 35.5. The number of rotatable bonds is 3. The van der Waals surface area contributed by atoms with Gasteiger partial charge >= 0.3 is 5.97 Å². The fourth-order valence-electron chi connectivity index (χ4n) is 2.19. The van der Waals surface area contributed by atoms with Gasteiger partial charge in [0.15, 0.2) is 0 Å². The van der Waals surface area contributed by atoms with Gasteiger partial charge in [0.2, 0.25) is 0 Å². The van der Waals surface area contributed by atoms with Crippen molar-refractivity contribution in [3.63, 3.8) is 0 Å². The maximum atomic E-state index is 10.8. The van der Waals surface area contributed by atoms with Gasteiger partial charge in [0.05, 0.1) is 11.4 Å². The fourth-order valence-corrected chi connectivity index (χ4v) is 2.44. The van der Waals surface area contributed by atoms with Gasteiger partial charge in [-0.25, -0.2) is 9.78 Å². The van der Waals surface area contributed by atoms with Crippen molar-refractivity contribution in [3.8, 4) is 11.3 Å². The van der Waals surface area contributed by atoms with Gasteiger partial charge in [-0.3, -0.25) is 4.40 Å². The summed E-state index contributed by atoms with van der Waals surface area (Å²) in [5.74, 6) is -1.02. The Morgan fingerprint density at radius 2 is 1.90 bits per heavy atom. The fraction of sp³-hybridized carbons (Fsp3) is 0. The Kier molecular flexibility index (Phi) is 3.46. The lowest BCUT2D eigenvalue weighted by atomic mass is 10.1. The molecule has 0 saturated carbocycles. The molecule has 0 atom stereocenters. The quantitative estimate of drug-likeness (QED) is 0.592. The summed E-state index contributed by atoms with van der Waals surface area (Å²) in [7, 11) is 0. The molecule has 0 amide bonds. The molecule has 4 nitrogen and oxygen atoms in total. The molecule has 0 aliphatic rings. The maximum Gasteiger partial charge on any atom is 0.328 e. The molecule has 2 heterocycles. The number of carboxylic acid groups (broad SMARTS) is 1. The van der Waals surface area contributed by atoms with Crippen molar-refractivity contribution < 1.29 is 9.90 Å². The molecule has 3 rings (SSSR count). The van der Waals surface area contributed by atoms with Gasteiger partial charge in [-0.05, 0) is 18.2 Å². The Morgan fingerprint density at radius 1 is 1.14 bits per heavy atom. The van der Waals surface area contributed by atoms with E-state index in [4.69, 9.17) is 16.7 Å². The first kappa shape index (κ1) is 13.4. The second-order valence-corrected chi connectivity index (χ2v) is 4.81. The van der Waals surface area contributed by atoms with Gasteiger partial charge in [-0.15, -0.1) is 0 Å². The van der Waals surface area contributed by atoms with Crippen LogP contribution in [0.3, 0.4) is 0 Å². The number of benzene rings is 1. The van der Waals surface area contributed by atoms with E-state index in [0.29, 0.717) is 22.2 Å². The van der Waals surface area contributed by atoms with E-state index in [1.54, 1.807) is 10.5 Å². The topological polar surface area (TPSA) is 54.6 Å². The average molecular weight is 299 g/mol. The largest absolute Gasteiger partial charge is 0.478 e. The lowest BCUT2D eigenvalue weighted by Gasteiger charge is -2.02. The van der Waals surface area contributed by atoms with Crippen molar-refractivity contribution in [2.45, 2.75) is 0 Å². The minimum Gasteiger partial charge on any atom is -0.478 e. The zero-order valence-corrected chi connectivity index (χ0v) is 11.7. The van der Waals surface area contributed by atoms with Gasteiger partial charge in [0.25, 0.3) is 0 Å². The van der Waals surface area contributed by atoms with Gasteiger partial charge < -0.3 is 5.11 Å². The van der Waals surface area contributed by atoms with E-state index in [1.807, 2.05) is 42.5 Å². The SMILES string of the molecule is O=C(O)/C=C/c1c(-c2ccccc2)nc2cccc(Cl)n12. The minimum absolute atomic E-state index is 0.479. The van der Waals surface area contributed by atoms with Crippen molar-refractivity contribution in [1.29, 1.82) is 0 Å². The molecule has 0 aliphatic heterocycles. The summed E-state index contributed by atoms with van der Waals surface area (Å²) in [4.78, 5) is 15.4. The van der Waals surface area contributed by atoms with Crippen LogP contribution in [0.2, 0.25) is 5.15 Å². The van der Waals surface area contributed by atoms with Crippen molar-refractivity contribution in [2.24, 2.45) is 0 Å². The molecular weight excluding hydrogens is 288 g/mol. The minimum atomic E-state index is -1.02. The zero-order chi connectivity index (χ0) is 14.8. The smallest absolute Gasteiger partial charge is 0.328 e. The highest BCUT2D eigenvalue weighted by Gasteiger charge is 2.13. The number of fused-ring (bicyclic) bond motifs is 1. The Bertz CT molecular complexity index is 838. The highest BCUT2D eigenvalue weighted by molar-refractivity contribution is 6.29. The lowest BCUT2D eigenvalue weighted by Crippen LogP contribution is -1.92. The van der Waals surface area contributed by atoms with Gasteiger partial charge in [-0.2, -0.15) is 0 Å². The molecular formula is C16H11ClN2O2. The number of aromatic nitrogens is 2. The normalized spacial score (nSPS) is 11.3. The van der Waals surface area contributed by atoms with E-state index < -0.39 is 5.97 Å². The van der Waals surface area contributed by atoms with Crippen LogP contribution in [0.1, 0.15) is 5.69 Å². The number of carboxylic acids is 1. The molecule has 2 aromatic heterocycles. The van der Waals surface area contributed by atoms with Crippen molar-refractivity contribution in [3.05, 3.63) is 65.5 Å². The maximum absolute atomic E-state index is 10.8. The number of halogens is 1. The summed E-state index contributed by atoms with van der Waals surface area (Å²) in [6, 6.07) is 15.0. The van der Waals surface area contributed by atoms with Crippen LogP contribution in [0.15, 0.2) is 54.6 Å². The van der Waals surface area contributed by atoms with E-state index in [2.05, 4.69) is 4.98 Å². The van der Waals surface area contributed by atoms with Crippen LogP contribution in [0.25, 0.3) is 23.0 Å². The van der Waals surface area contributed by atoms with Crippen molar-refractivity contribution >= 4 is 29.3 Å². The van der Waals surface area contributed by atoms with Crippen molar-refractivity contribution in [2.75, 3.05) is 0 Å². The summed E-state index contributed by atoms with van der Waals surface area (Å²) >= 11 is 6.22. The van der Waals surface area contributed by atoms with E-state index in [1.165, 1.54) is 6.08 Å². The molecule has 1 N–H and O–H groups in total. The van der Waals surface area contributed by atoms with Crippen LogP contribution in [0, 0.1) is 0 Å². The van der Waals surface area contributed by atoms with Crippen LogP contribution in [-0.2, 0) is 4.79 Å². The molecule has 104 valence electrons. The number of pyridine rings is 1. The molecule has 0 saturated heterocycles. The summed E-state index contributed by atoms with van der Waals surface area (Å²) < 4.78 is 1.73. The summed E-state index contributed by atoms with van der Waals surface area (Å²) in [5, 5.41) is 9.34. The Balaban J connectivity index is 2.31. The number of nitrogens with zero attached hydrogens (tertiary/aromatic N) is 2. The first-order valence-corrected chi connectivity index (χ1v) is 6.68. The van der Waals surface area contributed by atoms with Crippen molar-refractivity contribution in [1.82, 2.24) is 9.38 Å². The van der Waals surface area contributed by atoms with E-state index in [9.17, 15) is 4.79 Å². The Labute approximate surface area is 125 Å². The van der Waals surface area contributed by atoms with Crippen LogP contribution >= 0.6 is 11.6 Å². The zero-order valence-electron chi connectivity index (χ0n) is 10.9. The molecule has 0 bridgehead atoms. The van der Waals surface area contributed by atoms with Gasteiger partial charge in [0, 0.05) is 11.6 Å². The van der Waals surface area contributed by atoms with Gasteiger partial charge in [0.1, 0.15) is 10.8 Å². The first-order chi connectivity index (χ1) is 10.2. The van der Waals surface area contributed by atoms with Crippen LogP contribution < -0.4 is 0 Å². The first-order valence-electron chi connectivity index (χ1n) is 6.30. The number of hydrogen-bond donors (Lipinski definition) is 1. The lowest BCUT2D eigenvalue weighted by molar-refractivity contribution is -0.131. The molecule has 0 radical (unpaired) electrons. The number of carbonyl (C=O) groups is 1. The van der Waals surface area contributed by atoms with Crippen LogP contribution in [-0.4, -0.2) is 20.5 Å². The van der Waals surface area contributed by atoms with E-state index in [-0.39, 0.29) is 0 Å². The third kappa shape index (κ3) is 2.53. The summed E-state index contributed by atoms with van der Waals surface area (Å²) in [5.41, 5.74) is 2.92. The third-order valence-electron chi connectivity index (χ3n) is 3.06. The summed E-state index contributed by atoms with van der Waals surface area (Å²) in [6.07, 6.45) is 2.59. The van der Waals surface area contributed by atoms with Crippen LogP contribution in [0.4, 0.5) is 0 Å². The monoisotopic (exact) mass is 298 g/mol. The molecule has 0 fully saturated rings. The standard InChI is InChI=1S/C16H11ClN2O2/c17-13-7-4-8-14-18-16(11-5-2-1-3-6-11)12(19(13)14)9-10-15(20)21/h1-10H,(H,20,21)/b10-9+. The predicted octanol–water partition coefficient (Wildman–Crippen LogP) is 3.75. The van der Waals surface area contributed by atoms with E-state index >= 15 is 0 Å². The predicted molar refractivity (Wildman–Crippen MR) is 82.3 cm³/mol. The van der Waals surface area contributed by atoms with Gasteiger partial charge in [-0.1, -0.05) is 48.0 Å². The van der Waals surface area contributed by atoms with Crippen LogP contribution in [0.5, 0.6) is 0 Å². The second kappa shape index (κ2) is 5.42. The second-order valence-electron chi connectivity index (χ2n) is 4.43. The molecule has 5 heteroatoms. The highest BCUT2D eigenvalue weighted by Crippen LogP contribution is 2.27. The van der Waals surface area contributed by atoms with E-state index in [0.717, 1.165) is 11.6 Å². The molecule has 21 heavy (non-hydrogen) atoms. The average Bonchev–Trinajstić information content (AvgIpc) is 2.86. The molecule has 0 aliphatic carbocycles. The number of hydrogen-bond acceptors (Lipinski definition) is 2. The molecule has 0 spiro atoms. The summed E-state index contributed by atoms with van der Waals surface area (Å²) in [6.45, 7) is 0. The Hall–Kier alpha value is -2.59.